The molecular formula is C11H12N4O. The van der Waals surface area contributed by atoms with Gasteiger partial charge in [0.05, 0.1) is 5.56 Å². The second-order valence-corrected chi connectivity index (χ2v) is 3.84. The zero-order chi connectivity index (χ0) is 11.5. The van der Waals surface area contributed by atoms with Crippen molar-refractivity contribution in [3.63, 3.8) is 0 Å². The van der Waals surface area contributed by atoms with E-state index in [4.69, 9.17) is 11.0 Å². The molecular weight excluding hydrogens is 204 g/mol. The Kier molecular flexibility index (Phi) is 2.84. The van der Waals surface area contributed by atoms with Crippen molar-refractivity contribution in [2.45, 2.75) is 12.5 Å². The number of rotatable bonds is 1. The minimum absolute atomic E-state index is 0.0716. The minimum Gasteiger partial charge on any atom is -0.336 e. The highest BCUT2D eigenvalue weighted by Gasteiger charge is 2.25. The lowest BCUT2D eigenvalue weighted by Gasteiger charge is -2.14. The number of nitrogens with zero attached hydrogens (tertiary/aromatic N) is 3. The average Bonchev–Trinajstić information content (AvgIpc) is 2.75. The molecule has 1 atom stereocenters. The number of hydrogen-bond acceptors (Lipinski definition) is 4. The summed E-state index contributed by atoms with van der Waals surface area (Å²) >= 11 is 0. The maximum Gasteiger partial charge on any atom is 0.272 e. The first-order valence-electron chi connectivity index (χ1n) is 5.11. The number of nitrogens with two attached hydrogens (primary N) is 1. The van der Waals surface area contributed by atoms with Crippen LogP contribution in [0.3, 0.4) is 0 Å². The van der Waals surface area contributed by atoms with E-state index in [1.54, 1.807) is 17.0 Å². The SMILES string of the molecule is N#Cc1ccc(C(=O)N2CC[C@@H](N)C2)nc1. The molecule has 1 saturated heterocycles. The minimum atomic E-state index is -0.113. The van der Waals surface area contributed by atoms with E-state index in [2.05, 4.69) is 4.98 Å². The van der Waals surface area contributed by atoms with E-state index in [-0.39, 0.29) is 11.9 Å². The fourth-order valence-corrected chi connectivity index (χ4v) is 1.72. The third-order valence-electron chi connectivity index (χ3n) is 2.62. The number of likely N-dealkylation sites (tertiary alicyclic amines) is 1. The van der Waals surface area contributed by atoms with Crippen molar-refractivity contribution in [1.29, 1.82) is 5.26 Å². The number of aromatic nitrogens is 1. The monoisotopic (exact) mass is 216 g/mol. The normalized spacial score (nSPS) is 19.5. The Bertz CT molecular complexity index is 434. The third kappa shape index (κ3) is 2.02. The first-order chi connectivity index (χ1) is 7.70. The van der Waals surface area contributed by atoms with E-state index in [9.17, 15) is 4.79 Å². The molecule has 1 aromatic heterocycles. The van der Waals surface area contributed by atoms with Gasteiger partial charge in [-0.3, -0.25) is 4.79 Å². The van der Waals surface area contributed by atoms with E-state index >= 15 is 0 Å². The van der Waals surface area contributed by atoms with Gasteiger partial charge in [0.15, 0.2) is 0 Å². The second-order valence-electron chi connectivity index (χ2n) is 3.84. The molecule has 1 amide bonds. The summed E-state index contributed by atoms with van der Waals surface area (Å²) in [6, 6.07) is 5.20. The van der Waals surface area contributed by atoms with Gasteiger partial charge in [0.1, 0.15) is 11.8 Å². The van der Waals surface area contributed by atoms with E-state index < -0.39 is 0 Å². The van der Waals surface area contributed by atoms with Gasteiger partial charge in [-0.25, -0.2) is 4.98 Å². The third-order valence-corrected chi connectivity index (χ3v) is 2.62. The van der Waals surface area contributed by atoms with Crippen molar-refractivity contribution in [3.05, 3.63) is 29.6 Å². The molecule has 0 unspecified atom stereocenters. The Balaban J connectivity index is 2.12. The van der Waals surface area contributed by atoms with Gasteiger partial charge in [-0.05, 0) is 18.6 Å². The molecule has 2 N–H and O–H groups in total. The summed E-state index contributed by atoms with van der Waals surface area (Å²) < 4.78 is 0. The fraction of sp³-hybridized carbons (Fsp3) is 0.364. The smallest absolute Gasteiger partial charge is 0.272 e. The predicted octanol–water partition coefficient (Wildman–Crippen LogP) is 0.126. The summed E-state index contributed by atoms with van der Waals surface area (Å²) in [7, 11) is 0. The fourth-order valence-electron chi connectivity index (χ4n) is 1.72. The van der Waals surface area contributed by atoms with Crippen LogP contribution in [0, 0.1) is 11.3 Å². The van der Waals surface area contributed by atoms with Gasteiger partial charge in [0.2, 0.25) is 0 Å². The van der Waals surface area contributed by atoms with Crippen LogP contribution >= 0.6 is 0 Å². The molecule has 1 aliphatic rings. The molecule has 0 aliphatic carbocycles. The Labute approximate surface area is 93.5 Å². The van der Waals surface area contributed by atoms with Gasteiger partial charge in [0, 0.05) is 25.3 Å². The standard InChI is InChI=1S/C11H12N4O/c12-5-8-1-2-10(14-6-8)11(16)15-4-3-9(13)7-15/h1-2,6,9H,3-4,7,13H2/t9-/m1/s1. The molecule has 0 radical (unpaired) electrons. The Morgan fingerprint density at radius 1 is 1.62 bits per heavy atom. The maximum absolute atomic E-state index is 11.9. The van der Waals surface area contributed by atoms with Crippen molar-refractivity contribution in [2.75, 3.05) is 13.1 Å². The number of hydrogen-bond donors (Lipinski definition) is 1. The molecule has 2 rings (SSSR count). The topological polar surface area (TPSA) is 83.0 Å². The lowest BCUT2D eigenvalue weighted by Crippen LogP contribution is -2.32. The predicted molar refractivity (Wildman–Crippen MR) is 57.4 cm³/mol. The molecule has 0 spiro atoms. The van der Waals surface area contributed by atoms with Crippen molar-refractivity contribution in [1.82, 2.24) is 9.88 Å². The first kappa shape index (κ1) is 10.6. The van der Waals surface area contributed by atoms with Crippen molar-refractivity contribution in [3.8, 4) is 6.07 Å². The summed E-state index contributed by atoms with van der Waals surface area (Å²) in [5.74, 6) is -0.113. The molecule has 1 fully saturated rings. The zero-order valence-corrected chi connectivity index (χ0v) is 8.76. The van der Waals surface area contributed by atoms with Gasteiger partial charge < -0.3 is 10.6 Å². The van der Waals surface area contributed by atoms with Gasteiger partial charge in [-0.1, -0.05) is 0 Å². The van der Waals surface area contributed by atoms with Crippen LogP contribution in [-0.2, 0) is 0 Å². The Hall–Kier alpha value is -1.93. The van der Waals surface area contributed by atoms with Crippen LogP contribution in [0.5, 0.6) is 0 Å². The van der Waals surface area contributed by atoms with E-state index in [0.717, 1.165) is 6.42 Å². The molecule has 16 heavy (non-hydrogen) atoms. The quantitative estimate of drug-likeness (QED) is 0.723. The molecule has 0 saturated carbocycles. The zero-order valence-electron chi connectivity index (χ0n) is 8.76. The van der Waals surface area contributed by atoms with Gasteiger partial charge >= 0.3 is 0 Å². The highest BCUT2D eigenvalue weighted by atomic mass is 16.2. The largest absolute Gasteiger partial charge is 0.336 e. The van der Waals surface area contributed by atoms with Gasteiger partial charge in [-0.2, -0.15) is 5.26 Å². The summed E-state index contributed by atoms with van der Waals surface area (Å²) in [6.45, 7) is 1.27. The van der Waals surface area contributed by atoms with E-state index in [1.165, 1.54) is 6.20 Å². The molecule has 1 aliphatic heterocycles. The van der Waals surface area contributed by atoms with Crippen molar-refractivity contribution < 1.29 is 4.79 Å². The average molecular weight is 216 g/mol. The molecule has 5 nitrogen and oxygen atoms in total. The number of pyridine rings is 1. The number of carbonyl (C=O) groups excluding carboxylic acids is 1. The van der Waals surface area contributed by atoms with E-state index in [0.29, 0.717) is 24.3 Å². The summed E-state index contributed by atoms with van der Waals surface area (Å²) in [6.07, 6.45) is 2.24. The Morgan fingerprint density at radius 2 is 2.44 bits per heavy atom. The van der Waals surface area contributed by atoms with Crippen molar-refractivity contribution in [2.24, 2.45) is 5.73 Å². The van der Waals surface area contributed by atoms with Gasteiger partial charge in [-0.15, -0.1) is 0 Å². The summed E-state index contributed by atoms with van der Waals surface area (Å²) in [4.78, 5) is 17.6. The van der Waals surface area contributed by atoms with Crippen LogP contribution in [0.25, 0.3) is 0 Å². The molecule has 1 aromatic rings. The maximum atomic E-state index is 11.9. The highest BCUT2D eigenvalue weighted by molar-refractivity contribution is 5.92. The molecule has 82 valence electrons. The van der Waals surface area contributed by atoms with Crippen LogP contribution in [-0.4, -0.2) is 34.9 Å². The van der Waals surface area contributed by atoms with Crippen LogP contribution in [0.1, 0.15) is 22.5 Å². The van der Waals surface area contributed by atoms with Gasteiger partial charge in [0.25, 0.3) is 5.91 Å². The highest BCUT2D eigenvalue weighted by Crippen LogP contribution is 2.11. The van der Waals surface area contributed by atoms with Crippen LogP contribution < -0.4 is 5.73 Å². The lowest BCUT2D eigenvalue weighted by atomic mass is 10.2. The first-order valence-corrected chi connectivity index (χ1v) is 5.11. The van der Waals surface area contributed by atoms with Crippen LogP contribution in [0.2, 0.25) is 0 Å². The van der Waals surface area contributed by atoms with Crippen molar-refractivity contribution >= 4 is 5.91 Å². The lowest BCUT2D eigenvalue weighted by molar-refractivity contribution is 0.0785. The number of amides is 1. The molecule has 0 aromatic carbocycles. The molecule has 0 bridgehead atoms. The van der Waals surface area contributed by atoms with Crippen LogP contribution in [0.4, 0.5) is 0 Å². The number of carbonyl (C=O) groups is 1. The molecule has 2 heterocycles. The summed E-state index contributed by atoms with van der Waals surface area (Å²) in [5, 5.41) is 8.61. The second kappa shape index (κ2) is 4.29. The Morgan fingerprint density at radius 3 is 2.94 bits per heavy atom. The number of nitriles is 1. The van der Waals surface area contributed by atoms with E-state index in [1.807, 2.05) is 6.07 Å². The summed E-state index contributed by atoms with van der Waals surface area (Å²) in [5.41, 5.74) is 6.55. The molecule has 5 heteroatoms. The van der Waals surface area contributed by atoms with Crippen LogP contribution in [0.15, 0.2) is 18.3 Å².